The SMILES string of the molecule is CCCOCc1cc(C(=O)N[C@H](C)CC)ccc1OC. The van der Waals surface area contributed by atoms with E-state index in [0.29, 0.717) is 18.8 Å². The molecule has 0 heterocycles. The van der Waals surface area contributed by atoms with Gasteiger partial charge in [0.15, 0.2) is 0 Å². The summed E-state index contributed by atoms with van der Waals surface area (Å²) in [5.74, 6) is 0.694. The Balaban J connectivity index is 2.82. The molecule has 4 nitrogen and oxygen atoms in total. The van der Waals surface area contributed by atoms with Crippen LogP contribution < -0.4 is 10.1 Å². The van der Waals surface area contributed by atoms with E-state index in [1.165, 1.54) is 0 Å². The molecule has 1 N–H and O–H groups in total. The number of carbonyl (C=O) groups excluding carboxylic acids is 1. The maximum absolute atomic E-state index is 12.1. The molecule has 0 unspecified atom stereocenters. The highest BCUT2D eigenvalue weighted by Gasteiger charge is 2.12. The molecule has 0 saturated heterocycles. The minimum atomic E-state index is -0.0567. The monoisotopic (exact) mass is 279 g/mol. The topological polar surface area (TPSA) is 47.6 Å². The lowest BCUT2D eigenvalue weighted by atomic mass is 10.1. The van der Waals surface area contributed by atoms with E-state index in [1.54, 1.807) is 13.2 Å². The number of amides is 1. The van der Waals surface area contributed by atoms with Gasteiger partial charge in [0.25, 0.3) is 5.91 Å². The molecule has 0 bridgehead atoms. The zero-order chi connectivity index (χ0) is 15.0. The van der Waals surface area contributed by atoms with Gasteiger partial charge in [0.2, 0.25) is 0 Å². The lowest BCUT2D eigenvalue weighted by Gasteiger charge is -2.14. The highest BCUT2D eigenvalue weighted by atomic mass is 16.5. The third-order valence-electron chi connectivity index (χ3n) is 3.14. The summed E-state index contributed by atoms with van der Waals surface area (Å²) >= 11 is 0. The molecule has 1 atom stereocenters. The maximum atomic E-state index is 12.1. The number of rotatable bonds is 8. The fraction of sp³-hybridized carbons (Fsp3) is 0.562. The number of ether oxygens (including phenoxy) is 2. The van der Waals surface area contributed by atoms with E-state index in [1.807, 2.05) is 26.0 Å². The second kappa shape index (κ2) is 8.59. The zero-order valence-electron chi connectivity index (χ0n) is 12.9. The van der Waals surface area contributed by atoms with Crippen LogP contribution in [0.1, 0.15) is 49.5 Å². The third-order valence-corrected chi connectivity index (χ3v) is 3.14. The first-order valence-electron chi connectivity index (χ1n) is 7.17. The molecule has 1 aromatic rings. The summed E-state index contributed by atoms with van der Waals surface area (Å²) in [6, 6.07) is 5.60. The summed E-state index contributed by atoms with van der Waals surface area (Å²) in [4.78, 5) is 12.1. The van der Waals surface area contributed by atoms with Gasteiger partial charge in [-0.05, 0) is 38.0 Å². The predicted octanol–water partition coefficient (Wildman–Crippen LogP) is 3.15. The van der Waals surface area contributed by atoms with Gasteiger partial charge in [-0.3, -0.25) is 4.79 Å². The summed E-state index contributed by atoms with van der Waals surface area (Å²) < 4.78 is 10.8. The molecule has 20 heavy (non-hydrogen) atoms. The predicted molar refractivity (Wildman–Crippen MR) is 80.2 cm³/mol. The van der Waals surface area contributed by atoms with Crippen molar-refractivity contribution >= 4 is 5.91 Å². The van der Waals surface area contributed by atoms with E-state index >= 15 is 0 Å². The van der Waals surface area contributed by atoms with Crippen molar-refractivity contribution in [2.45, 2.75) is 46.3 Å². The highest BCUT2D eigenvalue weighted by molar-refractivity contribution is 5.94. The van der Waals surface area contributed by atoms with E-state index in [2.05, 4.69) is 12.2 Å². The summed E-state index contributed by atoms with van der Waals surface area (Å²) in [6.07, 6.45) is 1.88. The normalized spacial score (nSPS) is 12.0. The largest absolute Gasteiger partial charge is 0.496 e. The second-order valence-electron chi connectivity index (χ2n) is 4.86. The molecule has 112 valence electrons. The summed E-state index contributed by atoms with van der Waals surface area (Å²) in [5.41, 5.74) is 1.54. The average Bonchev–Trinajstić information content (AvgIpc) is 2.47. The second-order valence-corrected chi connectivity index (χ2v) is 4.86. The van der Waals surface area contributed by atoms with Crippen LogP contribution >= 0.6 is 0 Å². The van der Waals surface area contributed by atoms with Crippen LogP contribution in [0.25, 0.3) is 0 Å². The van der Waals surface area contributed by atoms with Crippen LogP contribution in [0.3, 0.4) is 0 Å². The number of carbonyl (C=O) groups is 1. The van der Waals surface area contributed by atoms with Crippen LogP contribution in [0.2, 0.25) is 0 Å². The van der Waals surface area contributed by atoms with Gasteiger partial charge < -0.3 is 14.8 Å². The van der Waals surface area contributed by atoms with Crippen LogP contribution in [0.5, 0.6) is 5.75 Å². The highest BCUT2D eigenvalue weighted by Crippen LogP contribution is 2.21. The van der Waals surface area contributed by atoms with Gasteiger partial charge in [0.1, 0.15) is 5.75 Å². The average molecular weight is 279 g/mol. The Hall–Kier alpha value is -1.55. The Bertz CT molecular complexity index is 432. The van der Waals surface area contributed by atoms with Gasteiger partial charge in [0, 0.05) is 23.8 Å². The molecule has 0 spiro atoms. The smallest absolute Gasteiger partial charge is 0.251 e. The molecule has 0 aliphatic rings. The first-order chi connectivity index (χ1) is 9.62. The molecule has 0 saturated carbocycles. The van der Waals surface area contributed by atoms with Crippen molar-refractivity contribution in [3.8, 4) is 5.75 Å². The summed E-state index contributed by atoms with van der Waals surface area (Å²) in [5, 5.41) is 2.96. The molecule has 4 heteroatoms. The molecule has 1 aromatic carbocycles. The number of nitrogens with one attached hydrogen (secondary N) is 1. The van der Waals surface area contributed by atoms with Gasteiger partial charge >= 0.3 is 0 Å². The van der Waals surface area contributed by atoms with Crippen LogP contribution in [-0.4, -0.2) is 25.7 Å². The van der Waals surface area contributed by atoms with Crippen molar-refractivity contribution < 1.29 is 14.3 Å². The molecule has 0 radical (unpaired) electrons. The number of methoxy groups -OCH3 is 1. The Kier molecular flexibility index (Phi) is 7.09. The van der Waals surface area contributed by atoms with Crippen molar-refractivity contribution in [2.75, 3.05) is 13.7 Å². The van der Waals surface area contributed by atoms with E-state index in [4.69, 9.17) is 9.47 Å². The van der Waals surface area contributed by atoms with Crippen LogP contribution in [0.4, 0.5) is 0 Å². The standard InChI is InChI=1S/C16H25NO3/c1-5-9-20-11-14-10-13(7-8-15(14)19-4)16(18)17-12(3)6-2/h7-8,10,12H,5-6,9,11H2,1-4H3,(H,17,18)/t12-/m1/s1. The molecular formula is C16H25NO3. The third kappa shape index (κ3) is 4.85. The van der Waals surface area contributed by atoms with Crippen molar-refractivity contribution in [2.24, 2.45) is 0 Å². The Morgan fingerprint density at radius 3 is 2.70 bits per heavy atom. The molecule has 0 aromatic heterocycles. The Morgan fingerprint density at radius 2 is 2.10 bits per heavy atom. The van der Waals surface area contributed by atoms with Crippen molar-refractivity contribution in [1.29, 1.82) is 0 Å². The minimum Gasteiger partial charge on any atom is -0.496 e. The Labute approximate surface area is 121 Å². The van der Waals surface area contributed by atoms with Gasteiger partial charge in [0.05, 0.1) is 13.7 Å². The molecule has 1 rings (SSSR count). The zero-order valence-corrected chi connectivity index (χ0v) is 12.9. The quantitative estimate of drug-likeness (QED) is 0.744. The van der Waals surface area contributed by atoms with Crippen molar-refractivity contribution in [3.05, 3.63) is 29.3 Å². The lowest BCUT2D eigenvalue weighted by molar-refractivity contribution is 0.0938. The van der Waals surface area contributed by atoms with Gasteiger partial charge in [-0.15, -0.1) is 0 Å². The molecular weight excluding hydrogens is 254 g/mol. The van der Waals surface area contributed by atoms with E-state index in [9.17, 15) is 4.79 Å². The van der Waals surface area contributed by atoms with Gasteiger partial charge in [-0.2, -0.15) is 0 Å². The lowest BCUT2D eigenvalue weighted by Crippen LogP contribution is -2.31. The van der Waals surface area contributed by atoms with Crippen LogP contribution in [0.15, 0.2) is 18.2 Å². The minimum absolute atomic E-state index is 0.0567. The van der Waals surface area contributed by atoms with E-state index < -0.39 is 0 Å². The first kappa shape index (κ1) is 16.5. The van der Waals surface area contributed by atoms with Gasteiger partial charge in [-0.1, -0.05) is 13.8 Å². The van der Waals surface area contributed by atoms with Crippen LogP contribution in [-0.2, 0) is 11.3 Å². The van der Waals surface area contributed by atoms with E-state index in [0.717, 1.165) is 24.2 Å². The van der Waals surface area contributed by atoms with Gasteiger partial charge in [-0.25, -0.2) is 0 Å². The van der Waals surface area contributed by atoms with Crippen molar-refractivity contribution in [1.82, 2.24) is 5.32 Å². The fourth-order valence-electron chi connectivity index (χ4n) is 1.77. The fourth-order valence-corrected chi connectivity index (χ4v) is 1.77. The number of hydrogen-bond acceptors (Lipinski definition) is 3. The molecule has 0 fully saturated rings. The molecule has 0 aliphatic carbocycles. The Morgan fingerprint density at radius 1 is 1.35 bits per heavy atom. The number of hydrogen-bond donors (Lipinski definition) is 1. The number of benzene rings is 1. The maximum Gasteiger partial charge on any atom is 0.251 e. The summed E-state index contributed by atoms with van der Waals surface area (Å²) in [6.45, 7) is 7.26. The first-order valence-corrected chi connectivity index (χ1v) is 7.17. The van der Waals surface area contributed by atoms with Crippen molar-refractivity contribution in [3.63, 3.8) is 0 Å². The molecule has 1 amide bonds. The van der Waals surface area contributed by atoms with E-state index in [-0.39, 0.29) is 11.9 Å². The van der Waals surface area contributed by atoms with Crippen LogP contribution in [0, 0.1) is 0 Å². The molecule has 0 aliphatic heterocycles. The summed E-state index contributed by atoms with van der Waals surface area (Å²) in [7, 11) is 1.62.